The van der Waals surface area contributed by atoms with Gasteiger partial charge in [-0.1, -0.05) is 52.0 Å². The van der Waals surface area contributed by atoms with Crippen LogP contribution in [0.1, 0.15) is 70.4 Å². The Labute approximate surface area is 206 Å². The summed E-state index contributed by atoms with van der Waals surface area (Å²) in [4.78, 5) is 17.8. The first-order valence-corrected chi connectivity index (χ1v) is 13.0. The van der Waals surface area contributed by atoms with Crippen LogP contribution in [0.3, 0.4) is 0 Å². The lowest BCUT2D eigenvalue weighted by molar-refractivity contribution is -0.122. The van der Waals surface area contributed by atoms with Gasteiger partial charge in [0.15, 0.2) is 0 Å². The number of carbonyl (C=O) groups is 1. The van der Waals surface area contributed by atoms with Crippen LogP contribution in [-0.2, 0) is 10.2 Å². The molecule has 0 bridgehead atoms. The zero-order chi connectivity index (χ0) is 25.3. The number of pyridine rings is 1. The standard InChI is InChI=1S/C24H30F2N2O3S.C2H6/c1-15(2)17-7-5-6-8-18(17)24(13-11-16(32-4)12-14-24)22(29)27-19-9-10-20(30-3)28-21(19)31-23(25)26;1-2/h5-10,15-16,23H,11-14H2,1-4H3,(H,27,29);1-2H3. The molecule has 0 spiro atoms. The van der Waals surface area contributed by atoms with E-state index in [0.717, 1.165) is 24.0 Å². The number of thioether (sulfide) groups is 1. The lowest BCUT2D eigenvalue weighted by atomic mass is 9.66. The van der Waals surface area contributed by atoms with Gasteiger partial charge < -0.3 is 14.8 Å². The normalized spacial score (nSPS) is 19.9. The van der Waals surface area contributed by atoms with Crippen LogP contribution in [-0.4, -0.2) is 36.1 Å². The molecule has 1 saturated carbocycles. The average Bonchev–Trinajstić information content (AvgIpc) is 2.85. The molecule has 1 amide bonds. The molecule has 1 aliphatic carbocycles. The molecule has 1 heterocycles. The van der Waals surface area contributed by atoms with E-state index < -0.39 is 12.0 Å². The number of anilines is 1. The number of benzene rings is 1. The summed E-state index contributed by atoms with van der Waals surface area (Å²) in [5.74, 6) is -0.220. The lowest BCUT2D eigenvalue weighted by Crippen LogP contribution is -2.44. The summed E-state index contributed by atoms with van der Waals surface area (Å²) < 4.78 is 35.5. The Morgan fingerprint density at radius 2 is 1.79 bits per heavy atom. The van der Waals surface area contributed by atoms with Crippen molar-refractivity contribution >= 4 is 23.4 Å². The fourth-order valence-corrected chi connectivity index (χ4v) is 5.13. The zero-order valence-corrected chi connectivity index (χ0v) is 21.7. The first kappa shape index (κ1) is 27.9. The number of alkyl halides is 2. The number of ether oxygens (including phenoxy) is 2. The van der Waals surface area contributed by atoms with Crippen molar-refractivity contribution in [2.45, 2.75) is 76.6 Å². The molecule has 0 unspecified atom stereocenters. The largest absolute Gasteiger partial charge is 0.481 e. The topological polar surface area (TPSA) is 60.5 Å². The van der Waals surface area contributed by atoms with Gasteiger partial charge in [0.05, 0.1) is 12.5 Å². The maximum absolute atomic E-state index is 13.8. The lowest BCUT2D eigenvalue weighted by Gasteiger charge is -2.40. The molecular formula is C26H36F2N2O3S. The van der Waals surface area contributed by atoms with Crippen LogP contribution in [0.15, 0.2) is 36.4 Å². The second-order valence-corrected chi connectivity index (χ2v) is 9.44. The SMILES string of the molecule is CC.COc1ccc(NC(=O)C2(c3ccccc3C(C)C)CCC(SC)CC2)c(OC(F)F)n1. The number of hydrogen-bond acceptors (Lipinski definition) is 5. The highest BCUT2D eigenvalue weighted by atomic mass is 32.2. The van der Waals surface area contributed by atoms with Gasteiger partial charge in [-0.05, 0) is 55.1 Å². The number of amides is 1. The molecule has 0 saturated heterocycles. The van der Waals surface area contributed by atoms with E-state index in [1.165, 1.54) is 19.2 Å². The smallest absolute Gasteiger partial charge is 0.388 e. The van der Waals surface area contributed by atoms with E-state index in [9.17, 15) is 13.6 Å². The van der Waals surface area contributed by atoms with E-state index in [4.69, 9.17) is 4.74 Å². The summed E-state index contributed by atoms with van der Waals surface area (Å²) in [6, 6.07) is 11.0. The van der Waals surface area contributed by atoms with Crippen molar-refractivity contribution in [2.24, 2.45) is 0 Å². The number of hydrogen-bond donors (Lipinski definition) is 1. The Hall–Kier alpha value is -2.35. The monoisotopic (exact) mass is 494 g/mol. The second-order valence-electron chi connectivity index (χ2n) is 8.30. The van der Waals surface area contributed by atoms with E-state index in [2.05, 4.69) is 41.2 Å². The van der Waals surface area contributed by atoms with E-state index >= 15 is 0 Å². The number of aromatic nitrogens is 1. The Morgan fingerprint density at radius 1 is 1.15 bits per heavy atom. The number of halogens is 2. The molecule has 188 valence electrons. The van der Waals surface area contributed by atoms with Gasteiger partial charge in [-0.25, -0.2) is 0 Å². The molecule has 8 heteroatoms. The highest BCUT2D eigenvalue weighted by molar-refractivity contribution is 7.99. The summed E-state index contributed by atoms with van der Waals surface area (Å²) in [6.07, 6.45) is 5.27. The molecule has 0 atom stereocenters. The maximum Gasteiger partial charge on any atom is 0.388 e. The van der Waals surface area contributed by atoms with Crippen LogP contribution in [0.25, 0.3) is 0 Å². The van der Waals surface area contributed by atoms with Crippen LogP contribution < -0.4 is 14.8 Å². The molecule has 1 fully saturated rings. The molecule has 2 aromatic rings. The Balaban J connectivity index is 0.00000199. The molecule has 1 aliphatic rings. The van der Waals surface area contributed by atoms with Gasteiger partial charge in [0, 0.05) is 11.3 Å². The number of rotatable bonds is 8. The van der Waals surface area contributed by atoms with E-state index in [0.29, 0.717) is 18.1 Å². The molecule has 34 heavy (non-hydrogen) atoms. The van der Waals surface area contributed by atoms with Crippen molar-refractivity contribution < 1.29 is 23.0 Å². The van der Waals surface area contributed by atoms with Gasteiger partial charge in [0.2, 0.25) is 17.7 Å². The molecule has 0 aliphatic heterocycles. The first-order chi connectivity index (χ1) is 16.3. The van der Waals surface area contributed by atoms with Gasteiger partial charge in [0.25, 0.3) is 0 Å². The minimum Gasteiger partial charge on any atom is -0.481 e. The van der Waals surface area contributed by atoms with Gasteiger partial charge >= 0.3 is 6.61 Å². The van der Waals surface area contributed by atoms with Crippen LogP contribution in [0.5, 0.6) is 11.8 Å². The number of methoxy groups -OCH3 is 1. The van der Waals surface area contributed by atoms with Crippen molar-refractivity contribution in [3.8, 4) is 11.8 Å². The van der Waals surface area contributed by atoms with Crippen molar-refractivity contribution in [1.82, 2.24) is 4.98 Å². The third-order valence-electron chi connectivity index (χ3n) is 6.15. The van der Waals surface area contributed by atoms with Crippen molar-refractivity contribution in [3.63, 3.8) is 0 Å². The highest BCUT2D eigenvalue weighted by Gasteiger charge is 2.44. The second kappa shape index (κ2) is 12.9. The highest BCUT2D eigenvalue weighted by Crippen LogP contribution is 2.46. The summed E-state index contributed by atoms with van der Waals surface area (Å²) in [5.41, 5.74) is 1.48. The molecular weight excluding hydrogens is 458 g/mol. The predicted molar refractivity (Wildman–Crippen MR) is 135 cm³/mol. The maximum atomic E-state index is 13.8. The summed E-state index contributed by atoms with van der Waals surface area (Å²) in [7, 11) is 1.38. The van der Waals surface area contributed by atoms with Gasteiger partial charge in [-0.15, -0.1) is 0 Å². The van der Waals surface area contributed by atoms with Gasteiger partial charge in [0.1, 0.15) is 5.69 Å². The molecule has 1 N–H and O–H groups in total. The summed E-state index contributed by atoms with van der Waals surface area (Å²) in [6.45, 7) is 5.15. The minimum absolute atomic E-state index is 0.101. The van der Waals surface area contributed by atoms with Gasteiger partial charge in [-0.2, -0.15) is 25.5 Å². The molecule has 1 aromatic heterocycles. The molecule has 5 nitrogen and oxygen atoms in total. The van der Waals surface area contributed by atoms with Crippen molar-refractivity contribution in [3.05, 3.63) is 47.5 Å². The quantitative estimate of drug-likeness (QED) is 0.427. The number of carbonyl (C=O) groups excluding carboxylic acids is 1. The van der Waals surface area contributed by atoms with E-state index in [1.807, 2.05) is 43.8 Å². The number of nitrogens with one attached hydrogen (secondary N) is 1. The summed E-state index contributed by atoms with van der Waals surface area (Å²) >= 11 is 1.82. The predicted octanol–water partition coefficient (Wildman–Crippen LogP) is 7.02. The fraction of sp³-hybridized carbons (Fsp3) is 0.538. The van der Waals surface area contributed by atoms with Crippen molar-refractivity contribution in [1.29, 1.82) is 0 Å². The Bertz CT molecular complexity index is 932. The number of nitrogens with zero attached hydrogens (tertiary/aromatic N) is 1. The zero-order valence-electron chi connectivity index (χ0n) is 20.9. The van der Waals surface area contributed by atoms with Crippen molar-refractivity contribution in [2.75, 3.05) is 18.7 Å². The third kappa shape index (κ3) is 6.40. The van der Waals surface area contributed by atoms with Crippen LogP contribution in [0.4, 0.5) is 14.5 Å². The Kier molecular flexibility index (Phi) is 10.6. The van der Waals surface area contributed by atoms with Gasteiger partial charge in [-0.3, -0.25) is 4.79 Å². The average molecular weight is 495 g/mol. The third-order valence-corrected chi connectivity index (χ3v) is 7.28. The van der Waals surface area contributed by atoms with Crippen LogP contribution >= 0.6 is 11.8 Å². The van der Waals surface area contributed by atoms with E-state index in [1.54, 1.807) is 0 Å². The fourth-order valence-electron chi connectivity index (χ4n) is 4.42. The molecule has 0 radical (unpaired) electrons. The summed E-state index contributed by atoms with van der Waals surface area (Å²) in [5, 5.41) is 3.36. The first-order valence-electron chi connectivity index (χ1n) is 11.7. The van der Waals surface area contributed by atoms with Crippen LogP contribution in [0.2, 0.25) is 0 Å². The molecule has 3 rings (SSSR count). The van der Waals surface area contributed by atoms with E-state index in [-0.39, 0.29) is 29.3 Å². The minimum atomic E-state index is -3.07. The molecule has 1 aromatic carbocycles. The Morgan fingerprint density at radius 3 is 2.35 bits per heavy atom. The van der Waals surface area contributed by atoms with Crippen LogP contribution in [0, 0.1) is 0 Å².